The average Bonchev–Trinajstić information content (AvgIpc) is 2.34. The molecule has 0 aromatic rings. The largest absolute Gasteiger partial charge is 0.382 e. The lowest BCUT2D eigenvalue weighted by molar-refractivity contribution is 0.0252. The van der Waals surface area contributed by atoms with E-state index in [9.17, 15) is 0 Å². The van der Waals surface area contributed by atoms with E-state index in [1.165, 1.54) is 0 Å². The summed E-state index contributed by atoms with van der Waals surface area (Å²) < 4.78 is 15.5. The van der Waals surface area contributed by atoms with Crippen LogP contribution in [-0.4, -0.2) is 58.6 Å². The van der Waals surface area contributed by atoms with Gasteiger partial charge in [-0.25, -0.2) is 0 Å². The number of nitrogens with one attached hydrogen (secondary N) is 1. The molecule has 0 aromatic heterocycles. The Labute approximate surface area is 110 Å². The van der Waals surface area contributed by atoms with E-state index in [-0.39, 0.29) is 0 Å². The van der Waals surface area contributed by atoms with Crippen molar-refractivity contribution in [2.75, 3.05) is 52.6 Å². The Morgan fingerprint density at radius 1 is 1.06 bits per heavy atom. The first-order chi connectivity index (χ1) is 8.31. The van der Waals surface area contributed by atoms with Gasteiger partial charge in [-0.3, -0.25) is 0 Å². The first-order valence-electron chi connectivity index (χ1n) is 6.25. The molecule has 0 aliphatic rings. The summed E-state index contributed by atoms with van der Waals surface area (Å²) in [6.45, 7) is 6.31. The fourth-order valence-electron chi connectivity index (χ4n) is 1.33. The van der Waals surface area contributed by atoms with Gasteiger partial charge in [0.25, 0.3) is 0 Å². The van der Waals surface area contributed by atoms with E-state index in [0.717, 1.165) is 31.9 Å². The molecule has 0 rings (SSSR count). The molecule has 0 fully saturated rings. The maximum absolute atomic E-state index is 5.63. The Morgan fingerprint density at radius 2 is 1.71 bits per heavy atom. The Bertz CT molecular complexity index is 150. The average molecular weight is 268 g/mol. The quantitative estimate of drug-likeness (QED) is 0.407. The minimum Gasteiger partial charge on any atom is -0.382 e. The SMILES string of the molecule is COCCOCCOCCNC(C)CCCCl. The van der Waals surface area contributed by atoms with Crippen LogP contribution < -0.4 is 5.32 Å². The summed E-state index contributed by atoms with van der Waals surface area (Å²) in [4.78, 5) is 0. The highest BCUT2D eigenvalue weighted by atomic mass is 35.5. The lowest BCUT2D eigenvalue weighted by Crippen LogP contribution is -2.29. The molecule has 0 bridgehead atoms. The van der Waals surface area contributed by atoms with Gasteiger partial charge in [0.1, 0.15) is 0 Å². The maximum atomic E-state index is 5.63. The minimum absolute atomic E-state index is 0.510. The van der Waals surface area contributed by atoms with Crippen LogP contribution >= 0.6 is 11.6 Å². The van der Waals surface area contributed by atoms with Crippen LogP contribution in [0.15, 0.2) is 0 Å². The van der Waals surface area contributed by atoms with Crippen molar-refractivity contribution < 1.29 is 14.2 Å². The molecule has 1 atom stereocenters. The van der Waals surface area contributed by atoms with E-state index in [2.05, 4.69) is 12.2 Å². The molecule has 0 amide bonds. The van der Waals surface area contributed by atoms with Crippen LogP contribution in [-0.2, 0) is 14.2 Å². The van der Waals surface area contributed by atoms with Crippen LogP contribution in [0.1, 0.15) is 19.8 Å². The van der Waals surface area contributed by atoms with Gasteiger partial charge in [-0.05, 0) is 19.8 Å². The van der Waals surface area contributed by atoms with Crippen LogP contribution in [0.5, 0.6) is 0 Å². The third kappa shape index (κ3) is 14.1. The number of methoxy groups -OCH3 is 1. The third-order valence-electron chi connectivity index (χ3n) is 2.31. The van der Waals surface area contributed by atoms with Gasteiger partial charge >= 0.3 is 0 Å². The molecule has 104 valence electrons. The molecular formula is C12H26ClNO3. The molecule has 1 unspecified atom stereocenters. The van der Waals surface area contributed by atoms with Crippen molar-refractivity contribution in [3.8, 4) is 0 Å². The Balaban J connectivity index is 3.02. The van der Waals surface area contributed by atoms with Crippen LogP contribution in [0.2, 0.25) is 0 Å². The van der Waals surface area contributed by atoms with Gasteiger partial charge in [0.2, 0.25) is 0 Å². The summed E-state index contributed by atoms with van der Waals surface area (Å²) in [5.41, 5.74) is 0. The molecule has 0 radical (unpaired) electrons. The molecule has 0 heterocycles. The van der Waals surface area contributed by atoms with Crippen molar-refractivity contribution in [2.45, 2.75) is 25.8 Å². The van der Waals surface area contributed by atoms with Crippen LogP contribution in [0.4, 0.5) is 0 Å². The highest BCUT2D eigenvalue weighted by molar-refractivity contribution is 6.17. The van der Waals surface area contributed by atoms with Crippen molar-refractivity contribution in [1.82, 2.24) is 5.32 Å². The van der Waals surface area contributed by atoms with Crippen molar-refractivity contribution >= 4 is 11.6 Å². The first-order valence-corrected chi connectivity index (χ1v) is 6.78. The normalized spacial score (nSPS) is 12.9. The summed E-state index contributed by atoms with van der Waals surface area (Å²) in [5.74, 6) is 0.737. The van der Waals surface area contributed by atoms with Gasteiger partial charge in [-0.15, -0.1) is 11.6 Å². The zero-order chi connectivity index (χ0) is 12.8. The molecule has 0 spiro atoms. The number of rotatable bonds is 13. The predicted molar refractivity (Wildman–Crippen MR) is 70.9 cm³/mol. The molecular weight excluding hydrogens is 242 g/mol. The number of alkyl halides is 1. The molecule has 1 N–H and O–H groups in total. The molecule has 0 aliphatic heterocycles. The summed E-state index contributed by atoms with van der Waals surface area (Å²) >= 11 is 5.63. The second-order valence-corrected chi connectivity index (χ2v) is 4.28. The van der Waals surface area contributed by atoms with E-state index in [1.54, 1.807) is 7.11 Å². The number of hydrogen-bond acceptors (Lipinski definition) is 4. The zero-order valence-corrected chi connectivity index (χ0v) is 11.8. The first kappa shape index (κ1) is 17.1. The van der Waals surface area contributed by atoms with Crippen molar-refractivity contribution in [2.24, 2.45) is 0 Å². The van der Waals surface area contributed by atoms with Crippen molar-refractivity contribution in [1.29, 1.82) is 0 Å². The van der Waals surface area contributed by atoms with Gasteiger partial charge in [0.15, 0.2) is 0 Å². The van der Waals surface area contributed by atoms with Crippen LogP contribution in [0, 0.1) is 0 Å². The molecule has 0 aliphatic carbocycles. The minimum atomic E-state index is 0.510. The van der Waals surface area contributed by atoms with Gasteiger partial charge in [-0.1, -0.05) is 0 Å². The molecule has 4 nitrogen and oxygen atoms in total. The number of ether oxygens (including phenoxy) is 3. The Kier molecular flexibility index (Phi) is 14.3. The molecule has 17 heavy (non-hydrogen) atoms. The van der Waals surface area contributed by atoms with E-state index in [1.807, 2.05) is 0 Å². The highest BCUT2D eigenvalue weighted by Crippen LogP contribution is 1.97. The third-order valence-corrected chi connectivity index (χ3v) is 2.58. The van der Waals surface area contributed by atoms with E-state index >= 15 is 0 Å². The molecule has 0 aromatic carbocycles. The summed E-state index contributed by atoms with van der Waals surface area (Å²) in [6.07, 6.45) is 2.17. The van der Waals surface area contributed by atoms with Gasteiger partial charge in [-0.2, -0.15) is 0 Å². The Hall–Kier alpha value is 0.130. The fourth-order valence-corrected chi connectivity index (χ4v) is 1.48. The lowest BCUT2D eigenvalue weighted by Gasteiger charge is -2.13. The highest BCUT2D eigenvalue weighted by Gasteiger charge is 1.99. The standard InChI is InChI=1S/C12H26ClNO3/c1-12(4-3-5-13)14-6-7-16-10-11-17-9-8-15-2/h12,14H,3-11H2,1-2H3. The molecule has 0 saturated heterocycles. The second kappa shape index (κ2) is 14.2. The smallest absolute Gasteiger partial charge is 0.0701 e. The van der Waals surface area contributed by atoms with E-state index in [4.69, 9.17) is 25.8 Å². The van der Waals surface area contributed by atoms with E-state index in [0.29, 0.717) is 32.5 Å². The van der Waals surface area contributed by atoms with Crippen LogP contribution in [0.3, 0.4) is 0 Å². The summed E-state index contributed by atoms with van der Waals surface area (Å²) in [6, 6.07) is 0.510. The fraction of sp³-hybridized carbons (Fsp3) is 1.00. The number of halogens is 1. The summed E-state index contributed by atoms with van der Waals surface area (Å²) in [5, 5.41) is 3.38. The molecule has 5 heteroatoms. The monoisotopic (exact) mass is 267 g/mol. The predicted octanol–water partition coefficient (Wildman–Crippen LogP) is 1.66. The van der Waals surface area contributed by atoms with Crippen LogP contribution in [0.25, 0.3) is 0 Å². The lowest BCUT2D eigenvalue weighted by atomic mass is 10.2. The maximum Gasteiger partial charge on any atom is 0.0701 e. The van der Waals surface area contributed by atoms with Gasteiger partial charge in [0.05, 0.1) is 33.0 Å². The van der Waals surface area contributed by atoms with Crippen molar-refractivity contribution in [3.05, 3.63) is 0 Å². The van der Waals surface area contributed by atoms with Gasteiger partial charge < -0.3 is 19.5 Å². The summed E-state index contributed by atoms with van der Waals surface area (Å²) in [7, 11) is 1.66. The topological polar surface area (TPSA) is 39.7 Å². The number of hydrogen-bond donors (Lipinski definition) is 1. The second-order valence-electron chi connectivity index (χ2n) is 3.90. The Morgan fingerprint density at radius 3 is 2.35 bits per heavy atom. The van der Waals surface area contributed by atoms with Gasteiger partial charge in [0, 0.05) is 25.6 Å². The zero-order valence-electron chi connectivity index (χ0n) is 11.0. The molecule has 0 saturated carbocycles. The van der Waals surface area contributed by atoms with Crippen molar-refractivity contribution in [3.63, 3.8) is 0 Å². The van der Waals surface area contributed by atoms with E-state index < -0.39 is 0 Å².